The summed E-state index contributed by atoms with van der Waals surface area (Å²) in [5.41, 5.74) is 0.450. The molecule has 11 heavy (non-hydrogen) atoms. The molecule has 0 amide bonds. The average Bonchev–Trinajstić information content (AvgIpc) is 2.05. The van der Waals surface area contributed by atoms with Crippen LogP contribution in [-0.4, -0.2) is 5.78 Å². The topological polar surface area (TPSA) is 17.1 Å². The van der Waals surface area contributed by atoms with Crippen LogP contribution in [0.2, 0.25) is 0 Å². The number of carbonyl (C=O) groups excluding carboxylic acids is 1. The van der Waals surface area contributed by atoms with Crippen molar-refractivity contribution in [2.45, 2.75) is 6.92 Å². The molecule has 0 aliphatic carbocycles. The molecule has 0 aromatic heterocycles. The summed E-state index contributed by atoms with van der Waals surface area (Å²) < 4.78 is 0. The van der Waals surface area contributed by atoms with Gasteiger partial charge < -0.3 is 0 Å². The van der Waals surface area contributed by atoms with Gasteiger partial charge in [-0.3, -0.25) is 4.79 Å². The molecule has 56 valence electrons. The summed E-state index contributed by atoms with van der Waals surface area (Å²) in [6.45, 7) is 5.32. The van der Waals surface area contributed by atoms with E-state index in [1.54, 1.807) is 12.2 Å². The first-order valence-electron chi connectivity index (χ1n) is 3.22. The van der Waals surface area contributed by atoms with E-state index in [0.29, 0.717) is 5.57 Å². The number of ketones is 1. The number of carbonyl (C=O) groups is 1. The van der Waals surface area contributed by atoms with Crippen LogP contribution in [0.15, 0.2) is 36.5 Å². The largest absolute Gasteiger partial charge is 0.279 e. The summed E-state index contributed by atoms with van der Waals surface area (Å²) in [5, 5.41) is 0. The minimum Gasteiger partial charge on any atom is -0.279 e. The molecule has 0 saturated carbocycles. The zero-order valence-electron chi connectivity index (χ0n) is 6.50. The SMILES string of the molecule is C#CC(=O)/C(C=C)=C/C=C\C. The third kappa shape index (κ3) is 3.22. The van der Waals surface area contributed by atoms with Gasteiger partial charge in [-0.2, -0.15) is 0 Å². The van der Waals surface area contributed by atoms with E-state index < -0.39 is 0 Å². The third-order valence-corrected chi connectivity index (χ3v) is 1.08. The molecule has 0 aromatic rings. The number of rotatable bonds is 3. The van der Waals surface area contributed by atoms with Gasteiger partial charge in [0.2, 0.25) is 5.78 Å². The molecule has 0 spiro atoms. The summed E-state index contributed by atoms with van der Waals surface area (Å²) in [6.07, 6.45) is 11.5. The number of terminal acetylenes is 1. The second-order valence-corrected chi connectivity index (χ2v) is 1.83. The molecule has 0 bridgehead atoms. The third-order valence-electron chi connectivity index (χ3n) is 1.08. The molecular formula is C10H10O. The lowest BCUT2D eigenvalue weighted by Gasteiger charge is -1.88. The second kappa shape index (κ2) is 5.25. The molecule has 0 rings (SSSR count). The van der Waals surface area contributed by atoms with E-state index in [2.05, 4.69) is 6.58 Å². The van der Waals surface area contributed by atoms with Crippen LogP contribution in [0.5, 0.6) is 0 Å². The quantitative estimate of drug-likeness (QED) is 0.257. The average molecular weight is 146 g/mol. The van der Waals surface area contributed by atoms with Gasteiger partial charge >= 0.3 is 0 Å². The first kappa shape index (κ1) is 9.45. The monoisotopic (exact) mass is 146 g/mol. The molecule has 0 aliphatic heterocycles. The second-order valence-electron chi connectivity index (χ2n) is 1.83. The number of Topliss-reactive ketones (excluding diaryl/α,β-unsaturated/α-hetero) is 1. The van der Waals surface area contributed by atoms with Crippen molar-refractivity contribution < 1.29 is 4.79 Å². The van der Waals surface area contributed by atoms with E-state index in [4.69, 9.17) is 6.42 Å². The van der Waals surface area contributed by atoms with Crippen molar-refractivity contribution >= 4 is 5.78 Å². The number of hydrogen-bond acceptors (Lipinski definition) is 1. The Morgan fingerprint density at radius 2 is 2.27 bits per heavy atom. The van der Waals surface area contributed by atoms with E-state index >= 15 is 0 Å². The standard InChI is InChI=1S/C10H10O/c1-4-7-8-9(5-2)10(11)6-3/h3-5,7-8H,2H2,1H3/b7-4-,9-8+. The zero-order valence-corrected chi connectivity index (χ0v) is 6.50. The van der Waals surface area contributed by atoms with Crippen LogP contribution >= 0.6 is 0 Å². The van der Waals surface area contributed by atoms with Crippen LogP contribution < -0.4 is 0 Å². The van der Waals surface area contributed by atoms with E-state index in [1.165, 1.54) is 6.08 Å². The van der Waals surface area contributed by atoms with E-state index in [1.807, 2.05) is 18.9 Å². The minimum atomic E-state index is -0.335. The lowest BCUT2D eigenvalue weighted by Crippen LogP contribution is -1.94. The molecule has 0 heterocycles. The maximum Gasteiger partial charge on any atom is 0.235 e. The van der Waals surface area contributed by atoms with Crippen molar-refractivity contribution in [2.24, 2.45) is 0 Å². The molecule has 1 heteroatoms. The fraction of sp³-hybridized carbons (Fsp3) is 0.100. The highest BCUT2D eigenvalue weighted by molar-refractivity contribution is 6.10. The molecular weight excluding hydrogens is 136 g/mol. The summed E-state index contributed by atoms with van der Waals surface area (Å²) in [7, 11) is 0. The normalized spacial score (nSPS) is 11.1. The Balaban J connectivity index is 4.55. The molecule has 0 aliphatic rings. The maximum absolute atomic E-state index is 10.8. The molecule has 0 atom stereocenters. The lowest BCUT2D eigenvalue weighted by molar-refractivity contribution is -0.110. The van der Waals surface area contributed by atoms with Crippen molar-refractivity contribution in [1.82, 2.24) is 0 Å². The molecule has 0 saturated heterocycles. The summed E-state index contributed by atoms with van der Waals surface area (Å²) in [6, 6.07) is 0. The fourth-order valence-corrected chi connectivity index (χ4v) is 0.520. The Hall–Kier alpha value is -1.55. The van der Waals surface area contributed by atoms with E-state index in [9.17, 15) is 4.79 Å². The van der Waals surface area contributed by atoms with Gasteiger partial charge in [-0.05, 0) is 12.8 Å². The first-order chi connectivity index (χ1) is 5.26. The van der Waals surface area contributed by atoms with E-state index in [0.717, 1.165) is 0 Å². The Morgan fingerprint density at radius 1 is 1.64 bits per heavy atom. The van der Waals surface area contributed by atoms with Gasteiger partial charge in [-0.15, -0.1) is 6.42 Å². The maximum atomic E-state index is 10.8. The zero-order chi connectivity index (χ0) is 8.69. The van der Waals surface area contributed by atoms with Crippen molar-refractivity contribution in [3.05, 3.63) is 36.5 Å². The highest BCUT2D eigenvalue weighted by Crippen LogP contribution is 1.96. The van der Waals surface area contributed by atoms with Crippen LogP contribution in [0.25, 0.3) is 0 Å². The smallest absolute Gasteiger partial charge is 0.235 e. The van der Waals surface area contributed by atoms with Crippen LogP contribution in [0, 0.1) is 12.3 Å². The van der Waals surface area contributed by atoms with Gasteiger partial charge in [0.05, 0.1) is 0 Å². The minimum absolute atomic E-state index is 0.335. The predicted molar refractivity (Wildman–Crippen MR) is 46.9 cm³/mol. The molecule has 0 radical (unpaired) electrons. The van der Waals surface area contributed by atoms with Crippen molar-refractivity contribution in [3.63, 3.8) is 0 Å². The van der Waals surface area contributed by atoms with Gasteiger partial charge in [0.15, 0.2) is 0 Å². The van der Waals surface area contributed by atoms with E-state index in [-0.39, 0.29) is 5.78 Å². The Labute approximate surface area is 67.1 Å². The highest BCUT2D eigenvalue weighted by Gasteiger charge is 1.97. The summed E-state index contributed by atoms with van der Waals surface area (Å²) in [4.78, 5) is 10.8. The molecule has 0 N–H and O–H groups in total. The number of allylic oxidation sites excluding steroid dienone is 5. The Kier molecular flexibility index (Phi) is 4.51. The van der Waals surface area contributed by atoms with Crippen molar-refractivity contribution in [1.29, 1.82) is 0 Å². The van der Waals surface area contributed by atoms with Crippen molar-refractivity contribution in [2.75, 3.05) is 0 Å². The number of hydrogen-bond donors (Lipinski definition) is 0. The summed E-state index contributed by atoms with van der Waals surface area (Å²) in [5.74, 6) is 1.68. The van der Waals surface area contributed by atoms with Crippen LogP contribution in [-0.2, 0) is 4.79 Å². The molecule has 0 unspecified atom stereocenters. The molecule has 0 aromatic carbocycles. The first-order valence-corrected chi connectivity index (χ1v) is 3.22. The van der Waals surface area contributed by atoms with Gasteiger partial charge in [0, 0.05) is 5.57 Å². The highest BCUT2D eigenvalue weighted by atomic mass is 16.1. The lowest BCUT2D eigenvalue weighted by atomic mass is 10.1. The Morgan fingerprint density at radius 3 is 2.64 bits per heavy atom. The predicted octanol–water partition coefficient (Wildman–Crippen LogP) is 1.88. The van der Waals surface area contributed by atoms with Gasteiger partial charge in [-0.25, -0.2) is 0 Å². The molecule has 0 fully saturated rings. The van der Waals surface area contributed by atoms with Crippen LogP contribution in [0.3, 0.4) is 0 Å². The Bertz CT molecular complexity index is 249. The fourth-order valence-electron chi connectivity index (χ4n) is 0.520. The summed E-state index contributed by atoms with van der Waals surface area (Å²) >= 11 is 0. The van der Waals surface area contributed by atoms with Crippen LogP contribution in [0.1, 0.15) is 6.92 Å². The van der Waals surface area contributed by atoms with Gasteiger partial charge in [0.1, 0.15) is 0 Å². The van der Waals surface area contributed by atoms with Gasteiger partial charge in [0.25, 0.3) is 0 Å². The van der Waals surface area contributed by atoms with Crippen LogP contribution in [0.4, 0.5) is 0 Å². The molecule has 1 nitrogen and oxygen atoms in total. The van der Waals surface area contributed by atoms with Gasteiger partial charge in [-0.1, -0.05) is 30.9 Å². The van der Waals surface area contributed by atoms with Crippen molar-refractivity contribution in [3.8, 4) is 12.3 Å².